The Bertz CT molecular complexity index is 26.1. The fourth-order valence-corrected chi connectivity index (χ4v) is 0.896. The molecule has 9 heavy (non-hydrogen) atoms. The highest BCUT2D eigenvalue weighted by Crippen LogP contribution is 1.90. The summed E-state index contributed by atoms with van der Waals surface area (Å²) in [7, 11) is 0. The van der Waals surface area contributed by atoms with Crippen molar-refractivity contribution in [1.82, 2.24) is 0 Å². The van der Waals surface area contributed by atoms with Crippen LogP contribution in [0.5, 0.6) is 0 Å². The Balaban J connectivity index is 0. The number of hydrogen-bond donors (Lipinski definition) is 0. The standard InChI is InChI=1S/C4H9I.C3H7I/c1-2-3-4-5;1-2-3-4/h2-4H2,1H3;2-3H2,1H3. The summed E-state index contributed by atoms with van der Waals surface area (Å²) in [6.07, 6.45) is 4.02. The third-order valence-corrected chi connectivity index (χ3v) is 2.52. The van der Waals surface area contributed by atoms with Crippen LogP contribution in [-0.4, -0.2) is 8.86 Å². The predicted octanol–water partition coefficient (Wildman–Crippen LogP) is 4.05. The largest absolute Gasteiger partial charge is 0.0864 e. The Morgan fingerprint density at radius 2 is 1.33 bits per heavy atom. The third-order valence-electron chi connectivity index (χ3n) is 0.676. The van der Waals surface area contributed by atoms with Gasteiger partial charge in [-0.05, 0) is 21.7 Å². The molecule has 0 aromatic heterocycles. The first-order chi connectivity index (χ1) is 4.33. The second-order valence-corrected chi connectivity index (χ2v) is 3.89. The number of halogens is 2. The van der Waals surface area contributed by atoms with Gasteiger partial charge in [-0.25, -0.2) is 0 Å². The van der Waals surface area contributed by atoms with Gasteiger partial charge in [0.25, 0.3) is 0 Å². The van der Waals surface area contributed by atoms with Crippen molar-refractivity contribution in [3.8, 4) is 0 Å². The molecule has 0 fully saturated rings. The average Bonchev–Trinajstić information content (AvgIpc) is 1.91. The van der Waals surface area contributed by atoms with E-state index < -0.39 is 0 Å². The summed E-state index contributed by atoms with van der Waals surface area (Å²) >= 11 is 4.74. The van der Waals surface area contributed by atoms with Crippen molar-refractivity contribution in [2.75, 3.05) is 8.86 Å². The summed E-state index contributed by atoms with van der Waals surface area (Å²) in [4.78, 5) is 0. The highest BCUT2D eigenvalue weighted by atomic mass is 127. The van der Waals surface area contributed by atoms with E-state index in [1.807, 2.05) is 0 Å². The van der Waals surface area contributed by atoms with Crippen LogP contribution < -0.4 is 0 Å². The van der Waals surface area contributed by atoms with E-state index in [-0.39, 0.29) is 0 Å². The third kappa shape index (κ3) is 26.5. The summed E-state index contributed by atoms with van der Waals surface area (Å²) in [6.45, 7) is 4.38. The average molecular weight is 354 g/mol. The Labute approximate surface area is 86.5 Å². The Kier molecular flexibility index (Phi) is 23.6. The quantitative estimate of drug-likeness (QED) is 0.530. The van der Waals surface area contributed by atoms with Crippen molar-refractivity contribution in [2.24, 2.45) is 0 Å². The lowest BCUT2D eigenvalue weighted by Gasteiger charge is -1.77. The van der Waals surface area contributed by atoms with Gasteiger partial charge in [0.1, 0.15) is 0 Å². The molecule has 0 N–H and O–H groups in total. The smallest absolute Gasteiger partial charge is 0.000483 e. The first kappa shape index (κ1) is 13.1. The molecule has 0 unspecified atom stereocenters. The van der Waals surface area contributed by atoms with Crippen LogP contribution in [0.4, 0.5) is 0 Å². The van der Waals surface area contributed by atoms with E-state index in [2.05, 4.69) is 59.0 Å². The van der Waals surface area contributed by atoms with Crippen molar-refractivity contribution in [3.05, 3.63) is 0 Å². The summed E-state index contributed by atoms with van der Waals surface area (Å²) in [5, 5.41) is 0. The molecular weight excluding hydrogens is 338 g/mol. The first-order valence-electron chi connectivity index (χ1n) is 3.45. The van der Waals surface area contributed by atoms with Gasteiger partial charge in [0.05, 0.1) is 0 Å². The lowest BCUT2D eigenvalue weighted by Crippen LogP contribution is -1.64. The van der Waals surface area contributed by atoms with E-state index in [4.69, 9.17) is 0 Å². The van der Waals surface area contributed by atoms with E-state index in [0.29, 0.717) is 0 Å². The predicted molar refractivity (Wildman–Crippen MR) is 63.0 cm³/mol. The van der Waals surface area contributed by atoms with Crippen LogP contribution >= 0.6 is 45.2 Å². The zero-order valence-electron chi connectivity index (χ0n) is 6.29. The summed E-state index contributed by atoms with van der Waals surface area (Å²) in [5.74, 6) is 0. The van der Waals surface area contributed by atoms with Crippen LogP contribution in [-0.2, 0) is 0 Å². The Morgan fingerprint density at radius 1 is 0.889 bits per heavy atom. The van der Waals surface area contributed by atoms with Crippen LogP contribution in [0.15, 0.2) is 0 Å². The first-order valence-corrected chi connectivity index (χ1v) is 6.50. The topological polar surface area (TPSA) is 0 Å². The van der Waals surface area contributed by atoms with Gasteiger partial charge in [-0.3, -0.25) is 0 Å². The molecule has 0 spiro atoms. The van der Waals surface area contributed by atoms with Gasteiger partial charge in [0, 0.05) is 0 Å². The minimum atomic E-state index is 1.29. The number of unbranched alkanes of at least 4 members (excludes halogenated alkanes) is 1. The molecule has 0 rings (SSSR count). The molecule has 0 aliphatic carbocycles. The monoisotopic (exact) mass is 354 g/mol. The molecule has 0 radical (unpaired) electrons. The highest BCUT2D eigenvalue weighted by molar-refractivity contribution is 14.1. The van der Waals surface area contributed by atoms with Crippen molar-refractivity contribution in [3.63, 3.8) is 0 Å². The van der Waals surface area contributed by atoms with Gasteiger partial charge in [-0.1, -0.05) is 65.5 Å². The molecule has 0 aliphatic rings. The lowest BCUT2D eigenvalue weighted by molar-refractivity contribution is 0.907. The minimum Gasteiger partial charge on any atom is -0.0864 e. The van der Waals surface area contributed by atoms with Crippen LogP contribution in [0.3, 0.4) is 0 Å². The van der Waals surface area contributed by atoms with Crippen molar-refractivity contribution in [1.29, 1.82) is 0 Å². The maximum Gasteiger partial charge on any atom is -0.000483 e. The van der Waals surface area contributed by atoms with E-state index in [0.717, 1.165) is 0 Å². The van der Waals surface area contributed by atoms with Crippen molar-refractivity contribution >= 4 is 45.2 Å². The summed E-state index contributed by atoms with van der Waals surface area (Å²) in [5.41, 5.74) is 0. The molecule has 0 aliphatic heterocycles. The summed E-state index contributed by atoms with van der Waals surface area (Å²) < 4.78 is 2.60. The molecule has 0 aromatic carbocycles. The minimum absolute atomic E-state index is 1.29. The molecular formula is C7H16I2. The molecule has 0 aromatic rings. The summed E-state index contributed by atoms with van der Waals surface area (Å²) in [6, 6.07) is 0. The number of rotatable bonds is 3. The number of alkyl halides is 2. The molecule has 0 atom stereocenters. The van der Waals surface area contributed by atoms with E-state index in [1.54, 1.807) is 0 Å². The highest BCUT2D eigenvalue weighted by Gasteiger charge is 1.69. The van der Waals surface area contributed by atoms with Gasteiger partial charge >= 0.3 is 0 Å². The second kappa shape index (κ2) is 16.2. The maximum absolute atomic E-state index is 2.39. The maximum atomic E-state index is 2.39. The van der Waals surface area contributed by atoms with Crippen molar-refractivity contribution in [2.45, 2.75) is 33.1 Å². The van der Waals surface area contributed by atoms with E-state index in [1.165, 1.54) is 28.1 Å². The van der Waals surface area contributed by atoms with Gasteiger partial charge < -0.3 is 0 Å². The molecule has 0 nitrogen and oxygen atoms in total. The molecule has 0 saturated carbocycles. The van der Waals surface area contributed by atoms with Crippen molar-refractivity contribution < 1.29 is 0 Å². The van der Waals surface area contributed by atoms with Crippen LogP contribution in [0.2, 0.25) is 0 Å². The molecule has 58 valence electrons. The van der Waals surface area contributed by atoms with Crippen LogP contribution in [0.25, 0.3) is 0 Å². The fourth-order valence-electron chi connectivity index (χ4n) is 0.134. The van der Waals surface area contributed by atoms with Gasteiger partial charge in [-0.15, -0.1) is 0 Å². The van der Waals surface area contributed by atoms with E-state index in [9.17, 15) is 0 Å². The second-order valence-electron chi connectivity index (χ2n) is 1.73. The number of hydrogen-bond acceptors (Lipinski definition) is 0. The Morgan fingerprint density at radius 3 is 1.33 bits per heavy atom. The molecule has 0 bridgehead atoms. The lowest BCUT2D eigenvalue weighted by atomic mass is 10.4. The fraction of sp³-hybridized carbons (Fsp3) is 1.00. The zero-order chi connectivity index (χ0) is 7.54. The van der Waals surface area contributed by atoms with E-state index >= 15 is 0 Å². The Hall–Kier alpha value is 1.46. The van der Waals surface area contributed by atoms with Gasteiger partial charge in [0.15, 0.2) is 0 Å². The normalized spacial score (nSPS) is 8.00. The molecule has 0 heterocycles. The molecule has 0 amide bonds. The van der Waals surface area contributed by atoms with Gasteiger partial charge in [0.2, 0.25) is 0 Å². The molecule has 2 heteroatoms. The van der Waals surface area contributed by atoms with Gasteiger partial charge in [-0.2, -0.15) is 0 Å². The zero-order valence-corrected chi connectivity index (χ0v) is 10.6. The SMILES string of the molecule is CCCCI.CCCI. The molecule has 0 saturated heterocycles. The van der Waals surface area contributed by atoms with Crippen LogP contribution in [0, 0.1) is 0 Å². The van der Waals surface area contributed by atoms with Crippen LogP contribution in [0.1, 0.15) is 33.1 Å².